The number of pyridine rings is 1. The molecule has 0 aliphatic carbocycles. The number of carbonyl (C=O) groups is 2. The van der Waals surface area contributed by atoms with Gasteiger partial charge in [0.25, 0.3) is 11.8 Å². The summed E-state index contributed by atoms with van der Waals surface area (Å²) in [5.41, 5.74) is 3.89. The third kappa shape index (κ3) is 4.82. The molecule has 0 saturated carbocycles. The molecule has 2 aromatic carbocycles. The molecule has 0 bridgehead atoms. The van der Waals surface area contributed by atoms with Crippen LogP contribution in [0.25, 0.3) is 0 Å². The van der Waals surface area contributed by atoms with Crippen molar-refractivity contribution in [2.45, 2.75) is 0 Å². The van der Waals surface area contributed by atoms with E-state index in [1.54, 1.807) is 48.5 Å². The lowest BCUT2D eigenvalue weighted by atomic mass is 10.1. The van der Waals surface area contributed by atoms with Crippen molar-refractivity contribution in [3.8, 4) is 0 Å². The molecule has 134 valence electrons. The maximum atomic E-state index is 13.1. The Labute approximate surface area is 154 Å². The van der Waals surface area contributed by atoms with Crippen LogP contribution in [0, 0.1) is 5.82 Å². The van der Waals surface area contributed by atoms with Crippen molar-refractivity contribution in [2.24, 2.45) is 5.10 Å². The molecule has 0 saturated heterocycles. The summed E-state index contributed by atoms with van der Waals surface area (Å²) in [5, 5.41) is 6.52. The van der Waals surface area contributed by atoms with Crippen LogP contribution in [0.15, 0.2) is 78.2 Å². The molecule has 0 aliphatic rings. The lowest BCUT2D eigenvalue weighted by Crippen LogP contribution is -2.21. The Bertz CT molecular complexity index is 990. The maximum absolute atomic E-state index is 13.1. The topological polar surface area (TPSA) is 83.5 Å². The Kier molecular flexibility index (Phi) is 5.64. The van der Waals surface area contributed by atoms with Gasteiger partial charge in [-0.2, -0.15) is 5.10 Å². The second kappa shape index (κ2) is 8.48. The number of nitrogens with zero attached hydrogens (tertiary/aromatic N) is 2. The molecule has 0 radical (unpaired) electrons. The fraction of sp³-hybridized carbons (Fsp3) is 0. The number of benzene rings is 2. The van der Waals surface area contributed by atoms with E-state index in [0.717, 1.165) is 0 Å². The van der Waals surface area contributed by atoms with Crippen molar-refractivity contribution in [3.63, 3.8) is 0 Å². The second-order valence-corrected chi connectivity index (χ2v) is 5.49. The Morgan fingerprint density at radius 3 is 2.52 bits per heavy atom. The lowest BCUT2D eigenvalue weighted by molar-refractivity contribution is 0.0956. The van der Waals surface area contributed by atoms with E-state index >= 15 is 0 Å². The van der Waals surface area contributed by atoms with Crippen molar-refractivity contribution < 1.29 is 14.0 Å². The van der Waals surface area contributed by atoms with Gasteiger partial charge in [0.05, 0.1) is 17.5 Å². The van der Waals surface area contributed by atoms with E-state index in [4.69, 9.17) is 0 Å². The molecule has 27 heavy (non-hydrogen) atoms. The van der Waals surface area contributed by atoms with Gasteiger partial charge in [0.2, 0.25) is 0 Å². The number of nitrogens with one attached hydrogen (secondary N) is 2. The molecule has 7 heteroatoms. The number of carbonyl (C=O) groups excluding carboxylic acids is 2. The summed E-state index contributed by atoms with van der Waals surface area (Å²) in [5.74, 6) is -1.26. The van der Waals surface area contributed by atoms with E-state index < -0.39 is 11.7 Å². The van der Waals surface area contributed by atoms with Gasteiger partial charge in [0, 0.05) is 18.0 Å². The second-order valence-electron chi connectivity index (χ2n) is 5.49. The number of aromatic nitrogens is 1. The van der Waals surface area contributed by atoms with Crippen molar-refractivity contribution in [3.05, 3.63) is 95.6 Å². The van der Waals surface area contributed by atoms with E-state index in [0.29, 0.717) is 16.8 Å². The number of halogens is 1. The Balaban J connectivity index is 1.71. The summed E-state index contributed by atoms with van der Waals surface area (Å²) in [6.07, 6.45) is 4.35. The first-order valence-electron chi connectivity index (χ1n) is 8.03. The maximum Gasteiger partial charge on any atom is 0.273 e. The summed E-state index contributed by atoms with van der Waals surface area (Å²) in [6, 6.07) is 15.5. The molecule has 3 aromatic rings. The average Bonchev–Trinajstić information content (AvgIpc) is 2.69. The first kappa shape index (κ1) is 17.9. The highest BCUT2D eigenvalue weighted by atomic mass is 19.1. The number of hydrogen-bond acceptors (Lipinski definition) is 4. The van der Waals surface area contributed by atoms with E-state index in [-0.39, 0.29) is 11.5 Å². The van der Waals surface area contributed by atoms with Gasteiger partial charge in [-0.1, -0.05) is 24.3 Å². The van der Waals surface area contributed by atoms with Gasteiger partial charge in [-0.3, -0.25) is 14.6 Å². The fourth-order valence-corrected chi connectivity index (χ4v) is 2.30. The van der Waals surface area contributed by atoms with Crippen LogP contribution in [-0.4, -0.2) is 23.0 Å². The molecule has 0 unspecified atom stereocenters. The van der Waals surface area contributed by atoms with E-state index in [2.05, 4.69) is 20.8 Å². The minimum absolute atomic E-state index is 0.247. The average molecular weight is 362 g/mol. The molecule has 0 atom stereocenters. The monoisotopic (exact) mass is 362 g/mol. The summed E-state index contributed by atoms with van der Waals surface area (Å²) in [6.45, 7) is 0. The van der Waals surface area contributed by atoms with Crippen LogP contribution >= 0.6 is 0 Å². The molecule has 1 heterocycles. The highest BCUT2D eigenvalue weighted by Gasteiger charge is 2.13. The molecule has 2 N–H and O–H groups in total. The van der Waals surface area contributed by atoms with Crippen molar-refractivity contribution >= 4 is 23.7 Å². The molecule has 0 spiro atoms. The van der Waals surface area contributed by atoms with E-state index in [9.17, 15) is 14.0 Å². The smallest absolute Gasteiger partial charge is 0.273 e. The lowest BCUT2D eigenvalue weighted by Gasteiger charge is -2.09. The van der Waals surface area contributed by atoms with Crippen LogP contribution in [-0.2, 0) is 0 Å². The Morgan fingerprint density at radius 1 is 0.963 bits per heavy atom. The number of hydrazone groups is 1. The standard InChI is InChI=1S/C20H15FN4O2/c21-16-5-3-4-14(12-16)13-23-25-20(27)17-6-1-2-7-18(17)24-19(26)15-8-10-22-11-9-15/h1-13H,(H,24,26)(H,25,27)/b23-13+. The molecule has 3 rings (SSSR count). The molecule has 2 amide bonds. The number of hydrogen-bond donors (Lipinski definition) is 2. The fourth-order valence-electron chi connectivity index (χ4n) is 2.30. The van der Waals surface area contributed by atoms with Gasteiger partial charge in [-0.25, -0.2) is 9.82 Å². The van der Waals surface area contributed by atoms with Crippen LogP contribution in [0.2, 0.25) is 0 Å². The van der Waals surface area contributed by atoms with E-state index in [1.807, 2.05) is 0 Å². The molecule has 1 aromatic heterocycles. The zero-order valence-corrected chi connectivity index (χ0v) is 14.1. The van der Waals surface area contributed by atoms with Crippen LogP contribution in [0.3, 0.4) is 0 Å². The van der Waals surface area contributed by atoms with Gasteiger partial charge in [0.15, 0.2) is 0 Å². The van der Waals surface area contributed by atoms with Crippen LogP contribution < -0.4 is 10.7 Å². The third-order valence-corrected chi connectivity index (χ3v) is 3.59. The summed E-state index contributed by atoms with van der Waals surface area (Å²) in [7, 11) is 0. The molecule has 0 aliphatic heterocycles. The summed E-state index contributed by atoms with van der Waals surface area (Å²) >= 11 is 0. The van der Waals surface area contributed by atoms with Crippen LogP contribution in [0.5, 0.6) is 0 Å². The van der Waals surface area contributed by atoms with Gasteiger partial charge in [0.1, 0.15) is 5.82 Å². The zero-order valence-electron chi connectivity index (χ0n) is 14.1. The zero-order chi connectivity index (χ0) is 19.1. The SMILES string of the molecule is O=C(Nc1ccccc1C(=O)N/N=C/c1cccc(F)c1)c1ccncc1. The number of para-hydroxylation sites is 1. The minimum Gasteiger partial charge on any atom is -0.321 e. The number of anilines is 1. The number of amides is 2. The summed E-state index contributed by atoms with van der Waals surface area (Å²) < 4.78 is 13.1. The normalized spacial score (nSPS) is 10.6. The highest BCUT2D eigenvalue weighted by molar-refractivity contribution is 6.09. The third-order valence-electron chi connectivity index (χ3n) is 3.59. The van der Waals surface area contributed by atoms with Crippen molar-refractivity contribution in [1.82, 2.24) is 10.4 Å². The van der Waals surface area contributed by atoms with Gasteiger partial charge in [-0.15, -0.1) is 0 Å². The Morgan fingerprint density at radius 2 is 1.74 bits per heavy atom. The van der Waals surface area contributed by atoms with Gasteiger partial charge >= 0.3 is 0 Å². The van der Waals surface area contributed by atoms with E-state index in [1.165, 1.54) is 30.7 Å². The van der Waals surface area contributed by atoms with Crippen LogP contribution in [0.1, 0.15) is 26.3 Å². The molecule has 6 nitrogen and oxygen atoms in total. The van der Waals surface area contributed by atoms with Crippen molar-refractivity contribution in [2.75, 3.05) is 5.32 Å². The number of rotatable bonds is 5. The molecular formula is C20H15FN4O2. The predicted molar refractivity (Wildman–Crippen MR) is 100 cm³/mol. The van der Waals surface area contributed by atoms with Crippen LogP contribution in [0.4, 0.5) is 10.1 Å². The first-order valence-corrected chi connectivity index (χ1v) is 8.03. The Hall–Kier alpha value is -3.87. The molecular weight excluding hydrogens is 347 g/mol. The van der Waals surface area contributed by atoms with Gasteiger partial charge < -0.3 is 5.32 Å². The largest absolute Gasteiger partial charge is 0.321 e. The summed E-state index contributed by atoms with van der Waals surface area (Å²) in [4.78, 5) is 28.5. The van der Waals surface area contributed by atoms with Crippen molar-refractivity contribution in [1.29, 1.82) is 0 Å². The molecule has 0 fully saturated rings. The quantitative estimate of drug-likeness (QED) is 0.540. The highest BCUT2D eigenvalue weighted by Crippen LogP contribution is 2.16. The minimum atomic E-state index is -0.506. The first-order chi connectivity index (χ1) is 13.1. The van der Waals surface area contributed by atoms with Gasteiger partial charge in [-0.05, 0) is 42.0 Å². The predicted octanol–water partition coefficient (Wildman–Crippen LogP) is 3.24.